The van der Waals surface area contributed by atoms with Crippen LogP contribution in [0.3, 0.4) is 0 Å². The summed E-state index contributed by atoms with van der Waals surface area (Å²) in [6.07, 6.45) is 6.56. The van der Waals surface area contributed by atoms with Crippen LogP contribution in [0.1, 0.15) is 25.7 Å². The maximum atomic E-state index is 10.5. The Hall–Kier alpha value is -1.65. The second kappa shape index (κ2) is 3.98. The van der Waals surface area contributed by atoms with E-state index in [9.17, 15) is 10.1 Å². The summed E-state index contributed by atoms with van der Waals surface area (Å²) in [5.74, 6) is 2.42. The van der Waals surface area contributed by atoms with E-state index in [0.717, 1.165) is 17.7 Å². The maximum absolute atomic E-state index is 10.5. The van der Waals surface area contributed by atoms with Gasteiger partial charge < -0.3 is 5.32 Å². The molecule has 2 saturated carbocycles. The van der Waals surface area contributed by atoms with Crippen molar-refractivity contribution in [1.82, 2.24) is 4.98 Å². The quantitative estimate of drug-likeness (QED) is 0.643. The lowest BCUT2D eigenvalue weighted by Gasteiger charge is -2.23. The number of nitrogens with zero attached hydrogens (tertiary/aromatic N) is 2. The van der Waals surface area contributed by atoms with Crippen LogP contribution in [0.2, 0.25) is 0 Å². The van der Waals surface area contributed by atoms with Crippen LogP contribution in [-0.4, -0.2) is 15.9 Å². The normalized spacial score (nSPS) is 30.5. The van der Waals surface area contributed by atoms with Crippen molar-refractivity contribution >= 4 is 11.5 Å². The lowest BCUT2D eigenvalue weighted by Crippen LogP contribution is -2.26. The molecule has 0 aliphatic heterocycles. The summed E-state index contributed by atoms with van der Waals surface area (Å²) < 4.78 is 0. The van der Waals surface area contributed by atoms with E-state index in [1.54, 1.807) is 6.07 Å². The molecule has 5 heteroatoms. The Kier molecular flexibility index (Phi) is 2.46. The highest BCUT2D eigenvalue weighted by atomic mass is 16.6. The van der Waals surface area contributed by atoms with Crippen LogP contribution in [0.4, 0.5) is 11.5 Å². The van der Waals surface area contributed by atoms with Crippen molar-refractivity contribution in [1.29, 1.82) is 0 Å². The largest absolute Gasteiger partial charge is 0.367 e. The van der Waals surface area contributed by atoms with E-state index in [1.807, 2.05) is 0 Å². The topological polar surface area (TPSA) is 68.1 Å². The molecule has 2 aliphatic rings. The van der Waals surface area contributed by atoms with Crippen molar-refractivity contribution in [2.24, 2.45) is 11.8 Å². The summed E-state index contributed by atoms with van der Waals surface area (Å²) in [5, 5.41) is 13.9. The molecule has 1 aromatic rings. The van der Waals surface area contributed by atoms with Gasteiger partial charge in [-0.3, -0.25) is 10.1 Å². The van der Waals surface area contributed by atoms with E-state index in [1.165, 1.54) is 37.9 Å². The van der Waals surface area contributed by atoms with Gasteiger partial charge in [0.1, 0.15) is 12.0 Å². The average molecular weight is 233 g/mol. The van der Waals surface area contributed by atoms with Gasteiger partial charge in [-0.15, -0.1) is 0 Å². The van der Waals surface area contributed by atoms with Crippen LogP contribution in [0.15, 0.2) is 18.3 Å². The predicted octanol–water partition coefficient (Wildman–Crippen LogP) is 2.59. The first-order chi connectivity index (χ1) is 8.22. The first kappa shape index (κ1) is 10.5. The number of hydrogen-bond donors (Lipinski definition) is 1. The molecule has 0 amide bonds. The molecule has 0 saturated heterocycles. The van der Waals surface area contributed by atoms with Crippen LogP contribution >= 0.6 is 0 Å². The first-order valence-corrected chi connectivity index (χ1v) is 6.09. The van der Waals surface area contributed by atoms with Gasteiger partial charge in [-0.2, -0.15) is 0 Å². The Labute approximate surface area is 99.4 Å². The number of pyridine rings is 1. The summed E-state index contributed by atoms with van der Waals surface area (Å²) in [6.45, 7) is 0. The van der Waals surface area contributed by atoms with Gasteiger partial charge in [0.15, 0.2) is 0 Å². The maximum Gasteiger partial charge on any atom is 0.287 e. The number of anilines is 1. The lowest BCUT2D eigenvalue weighted by atomic mass is 9.95. The van der Waals surface area contributed by atoms with Crippen molar-refractivity contribution in [2.75, 3.05) is 5.32 Å². The summed E-state index contributed by atoms with van der Waals surface area (Å²) in [5.41, 5.74) is 0.0449. The molecule has 90 valence electrons. The third-order valence-corrected chi connectivity index (χ3v) is 4.03. The molecular formula is C12H15N3O2. The number of hydrogen-bond acceptors (Lipinski definition) is 4. The van der Waals surface area contributed by atoms with Gasteiger partial charge in [0, 0.05) is 12.1 Å². The zero-order valence-corrected chi connectivity index (χ0v) is 9.50. The number of aromatic nitrogens is 1. The minimum atomic E-state index is -0.422. The van der Waals surface area contributed by atoms with Gasteiger partial charge in [-0.05, 0) is 37.2 Å². The van der Waals surface area contributed by atoms with Gasteiger partial charge in [0.2, 0.25) is 0 Å². The summed E-state index contributed by atoms with van der Waals surface area (Å²) in [4.78, 5) is 14.2. The Bertz CT molecular complexity index is 432. The Balaban J connectivity index is 1.67. The van der Waals surface area contributed by atoms with Gasteiger partial charge in [0.05, 0.1) is 4.92 Å². The van der Waals surface area contributed by atoms with Crippen molar-refractivity contribution in [3.05, 3.63) is 28.4 Å². The van der Waals surface area contributed by atoms with Crippen molar-refractivity contribution in [3.8, 4) is 0 Å². The molecule has 1 heterocycles. The molecule has 1 aromatic heterocycles. The van der Waals surface area contributed by atoms with E-state index in [2.05, 4.69) is 10.3 Å². The number of nitrogens with one attached hydrogen (secondary N) is 1. The smallest absolute Gasteiger partial charge is 0.287 e. The van der Waals surface area contributed by atoms with E-state index in [0.29, 0.717) is 6.04 Å². The average Bonchev–Trinajstić information content (AvgIpc) is 2.91. The molecule has 3 atom stereocenters. The third kappa shape index (κ3) is 1.97. The molecule has 1 N–H and O–H groups in total. The van der Waals surface area contributed by atoms with Crippen LogP contribution in [-0.2, 0) is 0 Å². The first-order valence-electron chi connectivity index (χ1n) is 6.09. The second-order valence-corrected chi connectivity index (χ2v) is 5.08. The zero-order valence-electron chi connectivity index (χ0n) is 9.50. The Morgan fingerprint density at radius 3 is 2.76 bits per heavy atom. The number of rotatable bonds is 3. The fraction of sp³-hybridized carbons (Fsp3) is 0.583. The van der Waals surface area contributed by atoms with Crippen LogP contribution in [0.5, 0.6) is 0 Å². The molecular weight excluding hydrogens is 218 g/mol. The van der Waals surface area contributed by atoms with Crippen molar-refractivity contribution in [2.45, 2.75) is 31.7 Å². The van der Waals surface area contributed by atoms with Gasteiger partial charge >= 0.3 is 0 Å². The van der Waals surface area contributed by atoms with Gasteiger partial charge in [-0.1, -0.05) is 6.42 Å². The molecule has 2 fully saturated rings. The van der Waals surface area contributed by atoms with E-state index in [4.69, 9.17) is 0 Å². The molecule has 0 aromatic carbocycles. The van der Waals surface area contributed by atoms with Crippen LogP contribution in [0.25, 0.3) is 0 Å². The highest BCUT2D eigenvalue weighted by Crippen LogP contribution is 2.45. The fourth-order valence-corrected chi connectivity index (χ4v) is 3.19. The molecule has 5 nitrogen and oxygen atoms in total. The lowest BCUT2D eigenvalue weighted by molar-refractivity contribution is -0.385. The standard InChI is InChI=1S/C12H15N3O2/c16-15(17)10-3-4-12(13-7-10)14-11-6-8-1-2-9(11)5-8/h3-4,7-9,11H,1-2,5-6H2,(H,13,14). The highest BCUT2D eigenvalue weighted by molar-refractivity contribution is 5.41. The molecule has 2 bridgehead atoms. The molecule has 3 unspecified atom stereocenters. The highest BCUT2D eigenvalue weighted by Gasteiger charge is 2.39. The molecule has 2 aliphatic carbocycles. The molecule has 17 heavy (non-hydrogen) atoms. The minimum Gasteiger partial charge on any atom is -0.367 e. The van der Waals surface area contributed by atoms with E-state index < -0.39 is 4.92 Å². The Morgan fingerprint density at radius 1 is 1.35 bits per heavy atom. The summed E-state index contributed by atoms with van der Waals surface area (Å²) in [6, 6.07) is 3.72. The minimum absolute atomic E-state index is 0.0449. The second-order valence-electron chi connectivity index (χ2n) is 5.08. The van der Waals surface area contributed by atoms with Crippen LogP contribution < -0.4 is 5.32 Å². The monoisotopic (exact) mass is 233 g/mol. The number of fused-ring (bicyclic) bond motifs is 2. The summed E-state index contributed by atoms with van der Waals surface area (Å²) in [7, 11) is 0. The van der Waals surface area contributed by atoms with Crippen molar-refractivity contribution in [3.63, 3.8) is 0 Å². The molecule has 0 spiro atoms. The zero-order chi connectivity index (χ0) is 11.8. The van der Waals surface area contributed by atoms with Gasteiger partial charge in [-0.25, -0.2) is 4.98 Å². The Morgan fingerprint density at radius 2 is 2.24 bits per heavy atom. The van der Waals surface area contributed by atoms with Crippen molar-refractivity contribution < 1.29 is 4.92 Å². The fourth-order valence-electron chi connectivity index (χ4n) is 3.19. The SMILES string of the molecule is O=[N+]([O-])c1ccc(NC2CC3CCC2C3)nc1. The predicted molar refractivity (Wildman–Crippen MR) is 63.8 cm³/mol. The summed E-state index contributed by atoms with van der Waals surface area (Å²) >= 11 is 0. The third-order valence-electron chi connectivity index (χ3n) is 4.03. The van der Waals surface area contributed by atoms with Gasteiger partial charge in [0.25, 0.3) is 5.69 Å². The number of nitro groups is 1. The molecule has 0 radical (unpaired) electrons. The molecule has 3 rings (SSSR count). The van der Waals surface area contributed by atoms with E-state index in [-0.39, 0.29) is 5.69 Å². The van der Waals surface area contributed by atoms with E-state index >= 15 is 0 Å². The van der Waals surface area contributed by atoms with Crippen LogP contribution in [0, 0.1) is 22.0 Å².